The van der Waals surface area contributed by atoms with Crippen molar-refractivity contribution in [3.63, 3.8) is 0 Å². The van der Waals surface area contributed by atoms with Gasteiger partial charge in [-0.3, -0.25) is 4.79 Å². The van der Waals surface area contributed by atoms with E-state index in [1.54, 1.807) is 30.3 Å². The number of aromatic hydroxyl groups is 1. The number of hydrogen-bond donors (Lipinski definition) is 1. The highest BCUT2D eigenvalue weighted by Crippen LogP contribution is 2.33. The molecule has 0 saturated heterocycles. The van der Waals surface area contributed by atoms with Gasteiger partial charge in [-0.2, -0.15) is 5.26 Å². The Labute approximate surface area is 116 Å². The van der Waals surface area contributed by atoms with Crippen LogP contribution in [0.5, 0.6) is 5.75 Å². The minimum Gasteiger partial charge on any atom is -0.508 e. The number of phenolic OH excluding ortho intramolecular Hbond substituents is 1. The lowest BCUT2D eigenvalue weighted by molar-refractivity contribution is 0.104. The first-order valence-corrected chi connectivity index (χ1v) is 6.25. The largest absolute Gasteiger partial charge is 0.508 e. The summed E-state index contributed by atoms with van der Waals surface area (Å²) in [6.45, 7) is 0. The van der Waals surface area contributed by atoms with Crippen LogP contribution in [0.4, 0.5) is 0 Å². The Morgan fingerprint density at radius 2 is 1.90 bits per heavy atom. The van der Waals surface area contributed by atoms with Gasteiger partial charge in [0.2, 0.25) is 0 Å². The van der Waals surface area contributed by atoms with Crippen molar-refractivity contribution in [2.45, 2.75) is 6.42 Å². The normalized spacial score (nSPS) is 15.2. The van der Waals surface area contributed by atoms with Crippen molar-refractivity contribution in [1.82, 2.24) is 0 Å². The van der Waals surface area contributed by atoms with Crippen molar-refractivity contribution in [2.24, 2.45) is 0 Å². The molecule has 3 heteroatoms. The van der Waals surface area contributed by atoms with Gasteiger partial charge in [-0.15, -0.1) is 0 Å². The number of fused-ring (bicyclic) bond motifs is 1. The van der Waals surface area contributed by atoms with Crippen LogP contribution in [0.2, 0.25) is 0 Å². The van der Waals surface area contributed by atoms with Gasteiger partial charge in [-0.1, -0.05) is 24.3 Å². The molecule has 0 amide bonds. The van der Waals surface area contributed by atoms with Crippen LogP contribution in [0.1, 0.15) is 27.0 Å². The Morgan fingerprint density at radius 1 is 1.15 bits per heavy atom. The van der Waals surface area contributed by atoms with Gasteiger partial charge in [0, 0.05) is 23.1 Å². The third kappa shape index (κ3) is 1.98. The molecule has 1 aliphatic rings. The van der Waals surface area contributed by atoms with Gasteiger partial charge in [-0.25, -0.2) is 0 Å². The average molecular weight is 261 g/mol. The second-order valence-corrected chi connectivity index (χ2v) is 4.71. The lowest BCUT2D eigenvalue weighted by atomic mass is 10.1. The third-order valence-electron chi connectivity index (χ3n) is 3.44. The first kappa shape index (κ1) is 12.2. The maximum absolute atomic E-state index is 12.2. The van der Waals surface area contributed by atoms with Gasteiger partial charge < -0.3 is 5.11 Å². The van der Waals surface area contributed by atoms with E-state index in [-0.39, 0.29) is 11.5 Å². The molecule has 0 heterocycles. The summed E-state index contributed by atoms with van der Waals surface area (Å²) >= 11 is 0. The molecule has 0 saturated carbocycles. The Hall–Kier alpha value is -2.86. The van der Waals surface area contributed by atoms with Gasteiger partial charge >= 0.3 is 0 Å². The Morgan fingerprint density at radius 3 is 2.55 bits per heavy atom. The third-order valence-corrected chi connectivity index (χ3v) is 3.44. The zero-order valence-corrected chi connectivity index (χ0v) is 10.6. The molecule has 96 valence electrons. The smallest absolute Gasteiger partial charge is 0.189 e. The van der Waals surface area contributed by atoms with E-state index in [4.69, 9.17) is 5.26 Å². The molecule has 0 atom stereocenters. The molecule has 1 aliphatic carbocycles. The second kappa shape index (κ2) is 4.67. The molecule has 0 fully saturated rings. The van der Waals surface area contributed by atoms with Gasteiger partial charge in [0.1, 0.15) is 5.75 Å². The number of ketones is 1. The lowest BCUT2D eigenvalue weighted by Gasteiger charge is -1.98. The monoisotopic (exact) mass is 261 g/mol. The Kier molecular flexibility index (Phi) is 2.85. The molecule has 0 bridgehead atoms. The number of carbonyl (C=O) groups is 1. The van der Waals surface area contributed by atoms with E-state index in [1.165, 1.54) is 0 Å². The van der Waals surface area contributed by atoms with Crippen molar-refractivity contribution in [3.05, 3.63) is 70.3 Å². The lowest BCUT2D eigenvalue weighted by Crippen LogP contribution is -1.94. The fourth-order valence-electron chi connectivity index (χ4n) is 2.39. The highest BCUT2D eigenvalue weighted by Gasteiger charge is 2.26. The minimum absolute atomic E-state index is 0.0414. The van der Waals surface area contributed by atoms with E-state index >= 15 is 0 Å². The van der Waals surface area contributed by atoms with E-state index in [9.17, 15) is 9.90 Å². The fourth-order valence-corrected chi connectivity index (χ4v) is 2.39. The molecule has 0 radical (unpaired) electrons. The summed E-state index contributed by atoms with van der Waals surface area (Å²) < 4.78 is 0. The zero-order valence-electron chi connectivity index (χ0n) is 10.6. The predicted octanol–water partition coefficient (Wildman–Crippen LogP) is 3.09. The molecule has 0 aliphatic heterocycles. The summed E-state index contributed by atoms with van der Waals surface area (Å²) in [7, 11) is 0. The van der Waals surface area contributed by atoms with E-state index in [0.29, 0.717) is 28.7 Å². The van der Waals surface area contributed by atoms with E-state index < -0.39 is 0 Å². The summed E-state index contributed by atoms with van der Waals surface area (Å²) in [5.41, 5.74) is 3.39. The summed E-state index contributed by atoms with van der Waals surface area (Å²) in [4.78, 5) is 12.2. The number of allylic oxidation sites excluding steroid dienone is 1. The molecule has 2 aromatic carbocycles. The topological polar surface area (TPSA) is 61.1 Å². The van der Waals surface area contributed by atoms with Gasteiger partial charge in [0.25, 0.3) is 0 Å². The Balaban J connectivity index is 1.97. The number of phenols is 1. The Bertz CT molecular complexity index is 765. The molecule has 0 unspecified atom stereocenters. The number of nitrogens with zero attached hydrogens (tertiary/aromatic N) is 1. The highest BCUT2D eigenvalue weighted by atomic mass is 16.3. The fraction of sp³-hybridized carbons (Fsp3) is 0.0588. The maximum Gasteiger partial charge on any atom is 0.189 e. The molecular formula is C17H11NO2. The van der Waals surface area contributed by atoms with Crippen LogP contribution in [-0.2, 0) is 6.42 Å². The number of carbonyl (C=O) groups excluding carboxylic acids is 1. The number of hydrogen-bond acceptors (Lipinski definition) is 3. The number of benzene rings is 2. The van der Waals surface area contributed by atoms with Crippen LogP contribution in [-0.4, -0.2) is 10.9 Å². The maximum atomic E-state index is 12.2. The van der Waals surface area contributed by atoms with Crippen LogP contribution in [0.25, 0.3) is 6.08 Å². The molecule has 3 rings (SSSR count). The predicted molar refractivity (Wildman–Crippen MR) is 75.3 cm³/mol. The molecule has 1 N–H and O–H groups in total. The molecule has 20 heavy (non-hydrogen) atoms. The van der Waals surface area contributed by atoms with E-state index in [1.807, 2.05) is 18.2 Å². The van der Waals surface area contributed by atoms with Crippen molar-refractivity contribution in [3.8, 4) is 11.8 Å². The minimum atomic E-state index is -0.0414. The first-order valence-electron chi connectivity index (χ1n) is 6.25. The molecule has 0 spiro atoms. The summed E-state index contributed by atoms with van der Waals surface area (Å²) in [6, 6.07) is 14.1. The number of rotatable bonds is 1. The zero-order chi connectivity index (χ0) is 14.1. The SMILES string of the molecule is N#Cc1ccc(C=C2Cc3c(O)cccc3C2=O)cc1. The van der Waals surface area contributed by atoms with Crippen molar-refractivity contribution in [2.75, 3.05) is 0 Å². The van der Waals surface area contributed by atoms with Crippen LogP contribution < -0.4 is 0 Å². The van der Waals surface area contributed by atoms with E-state index in [0.717, 1.165) is 5.56 Å². The molecule has 2 aromatic rings. The van der Waals surface area contributed by atoms with Gasteiger partial charge in [-0.05, 0) is 29.8 Å². The average Bonchev–Trinajstić information content (AvgIpc) is 2.79. The van der Waals surface area contributed by atoms with Crippen LogP contribution >= 0.6 is 0 Å². The van der Waals surface area contributed by atoms with Crippen molar-refractivity contribution >= 4 is 11.9 Å². The number of Topliss-reactive ketones (excluding diaryl/α,β-unsaturated/α-hetero) is 1. The second-order valence-electron chi connectivity index (χ2n) is 4.71. The highest BCUT2D eigenvalue weighted by molar-refractivity contribution is 6.16. The summed E-state index contributed by atoms with van der Waals surface area (Å²) in [5, 5.41) is 18.5. The first-order chi connectivity index (χ1) is 9.69. The summed E-state index contributed by atoms with van der Waals surface area (Å²) in [5.74, 6) is 0.124. The molecular weight excluding hydrogens is 250 g/mol. The van der Waals surface area contributed by atoms with Crippen molar-refractivity contribution in [1.29, 1.82) is 5.26 Å². The molecule has 0 aromatic heterocycles. The van der Waals surface area contributed by atoms with Crippen LogP contribution in [0, 0.1) is 11.3 Å². The quantitative estimate of drug-likeness (QED) is 0.802. The molecule has 3 nitrogen and oxygen atoms in total. The van der Waals surface area contributed by atoms with E-state index in [2.05, 4.69) is 6.07 Å². The van der Waals surface area contributed by atoms with Gasteiger partial charge in [0.05, 0.1) is 11.6 Å². The standard InChI is InChI=1S/C17H11NO2/c18-10-12-6-4-11(5-7-12)8-13-9-15-14(17(13)20)2-1-3-16(15)19/h1-8,19H,9H2. The summed E-state index contributed by atoms with van der Waals surface area (Å²) in [6.07, 6.45) is 2.25. The van der Waals surface area contributed by atoms with Crippen LogP contribution in [0.15, 0.2) is 48.0 Å². The number of nitriles is 1. The van der Waals surface area contributed by atoms with Gasteiger partial charge in [0.15, 0.2) is 5.78 Å². The van der Waals surface area contributed by atoms with Crippen molar-refractivity contribution < 1.29 is 9.90 Å². The van der Waals surface area contributed by atoms with Crippen LogP contribution in [0.3, 0.4) is 0 Å².